The Labute approximate surface area is 253 Å². The van der Waals surface area contributed by atoms with E-state index in [9.17, 15) is 14.7 Å². The monoisotopic (exact) mass is 585 g/mol. The Hall–Kier alpha value is -3.10. The highest BCUT2D eigenvalue weighted by Gasteiger charge is 2.75. The molecule has 0 spiro atoms. The average molecular weight is 586 g/mol. The lowest BCUT2D eigenvalue weighted by Crippen LogP contribution is -2.75. The number of hydrogen-bond donors (Lipinski definition) is 2. The fourth-order valence-corrected chi connectivity index (χ4v) is 8.75. The van der Waals surface area contributed by atoms with Gasteiger partial charge < -0.3 is 24.3 Å². The Morgan fingerprint density at radius 1 is 1.07 bits per heavy atom. The zero-order chi connectivity index (χ0) is 30.8. The second-order valence-corrected chi connectivity index (χ2v) is 13.3. The molecule has 43 heavy (non-hydrogen) atoms. The summed E-state index contributed by atoms with van der Waals surface area (Å²) >= 11 is 0. The van der Waals surface area contributed by atoms with E-state index in [1.165, 1.54) is 23.9 Å². The summed E-state index contributed by atoms with van der Waals surface area (Å²) in [6.07, 6.45) is 2.80. The number of allylic oxidation sites excluding steroid dienone is 1. The number of methoxy groups -OCH3 is 1. The maximum atomic E-state index is 13.5. The first-order valence-electron chi connectivity index (χ1n) is 15.4. The fraction of sp³-hybridized carbons (Fsp3) is 0.500. The molecule has 3 aromatic rings. The maximum absolute atomic E-state index is 13.5. The number of para-hydroxylation sites is 1. The van der Waals surface area contributed by atoms with Gasteiger partial charge in [-0.3, -0.25) is 9.59 Å². The molecule has 0 amide bonds. The molecule has 0 aliphatic heterocycles. The van der Waals surface area contributed by atoms with Gasteiger partial charge in [-0.05, 0) is 63.7 Å². The van der Waals surface area contributed by atoms with E-state index < -0.39 is 28.3 Å². The van der Waals surface area contributed by atoms with Crippen LogP contribution in [0.15, 0.2) is 66.2 Å². The molecule has 2 N–H and O–H groups in total. The van der Waals surface area contributed by atoms with Gasteiger partial charge in [-0.15, -0.1) is 0 Å². The number of aliphatic hydroxyl groups is 1. The van der Waals surface area contributed by atoms with Crippen LogP contribution in [-0.4, -0.2) is 59.0 Å². The van der Waals surface area contributed by atoms with Crippen LogP contribution in [0.5, 0.6) is 0 Å². The van der Waals surface area contributed by atoms with Gasteiger partial charge in [0.25, 0.3) is 0 Å². The Balaban J connectivity index is 1.53. The Kier molecular flexibility index (Phi) is 7.32. The van der Waals surface area contributed by atoms with E-state index in [-0.39, 0.29) is 30.2 Å². The molecule has 1 aromatic heterocycles. The molecule has 6 rings (SSSR count). The largest absolute Gasteiger partial charge is 0.382 e. The predicted octanol–water partition coefficient (Wildman–Crippen LogP) is 6.08. The number of carbonyl (C=O) groups excluding carboxylic acids is 2. The molecule has 2 saturated carbocycles. The summed E-state index contributed by atoms with van der Waals surface area (Å²) in [5.41, 5.74) is 1.42. The number of ether oxygens (including phenoxy) is 3. The van der Waals surface area contributed by atoms with Crippen LogP contribution in [0.25, 0.3) is 10.9 Å². The van der Waals surface area contributed by atoms with E-state index in [1.807, 2.05) is 38.1 Å². The standard InChI is InChI=1S/C36H43NO6/c1-22(2)43-35(41-6)17-16-33(4)34(5)25(19-27-26-14-10-11-15-28(26)37-32(27)34)20-31(36(33,40)30(35)18-23(3)38)42-21-29(39)24-12-8-7-9-13-24/h7-15,18,22,25,31,37,40H,16-17,19-21H2,1-6H3/b30-18+/t25-,31+,33?,34-,35+,36+/m1/s1. The molecule has 0 radical (unpaired) electrons. The molecular formula is C36H43NO6. The van der Waals surface area contributed by atoms with Crippen LogP contribution in [0.2, 0.25) is 0 Å². The second-order valence-electron chi connectivity index (χ2n) is 13.3. The molecule has 6 atom stereocenters. The Morgan fingerprint density at radius 2 is 1.77 bits per heavy atom. The first-order chi connectivity index (χ1) is 20.4. The lowest BCUT2D eigenvalue weighted by Gasteiger charge is -2.67. The highest BCUT2D eigenvalue weighted by atomic mass is 16.7. The van der Waals surface area contributed by atoms with Gasteiger partial charge in [0.1, 0.15) is 12.2 Å². The number of H-pyrrole nitrogens is 1. The van der Waals surface area contributed by atoms with Crippen molar-refractivity contribution >= 4 is 22.5 Å². The van der Waals surface area contributed by atoms with Gasteiger partial charge in [0.15, 0.2) is 17.4 Å². The molecule has 2 fully saturated rings. The van der Waals surface area contributed by atoms with Gasteiger partial charge in [0, 0.05) is 52.1 Å². The number of nitrogens with one attached hydrogen (secondary N) is 1. The quantitative estimate of drug-likeness (QED) is 0.189. The summed E-state index contributed by atoms with van der Waals surface area (Å²) in [4.78, 5) is 29.9. The van der Waals surface area contributed by atoms with Crippen LogP contribution in [0.4, 0.5) is 0 Å². The van der Waals surface area contributed by atoms with Crippen molar-refractivity contribution in [3.63, 3.8) is 0 Å². The second kappa shape index (κ2) is 10.5. The van der Waals surface area contributed by atoms with Crippen molar-refractivity contribution in [2.75, 3.05) is 13.7 Å². The molecule has 228 valence electrons. The third kappa shape index (κ3) is 4.23. The minimum Gasteiger partial charge on any atom is -0.382 e. The molecule has 2 aromatic carbocycles. The third-order valence-electron chi connectivity index (χ3n) is 10.9. The van der Waals surface area contributed by atoms with Crippen LogP contribution >= 0.6 is 0 Å². The molecule has 0 bridgehead atoms. The van der Waals surface area contributed by atoms with Crippen LogP contribution in [0, 0.1) is 11.3 Å². The summed E-state index contributed by atoms with van der Waals surface area (Å²) in [6, 6.07) is 17.4. The molecule has 0 saturated heterocycles. The summed E-state index contributed by atoms with van der Waals surface area (Å²) in [5, 5.41) is 14.7. The number of aromatic nitrogens is 1. The molecular weight excluding hydrogens is 542 g/mol. The van der Waals surface area contributed by atoms with E-state index >= 15 is 0 Å². The van der Waals surface area contributed by atoms with Crippen LogP contribution in [0.3, 0.4) is 0 Å². The number of rotatable bonds is 8. The first-order valence-corrected chi connectivity index (χ1v) is 15.4. The Bertz CT molecular complexity index is 1590. The topological polar surface area (TPSA) is 97.8 Å². The SMILES string of the molecule is CO[C@]1(OC(C)C)CCC2(C)[C@@]3(C)c4[nH]c5ccccc5c4C[C@@H]3C[C@H](OCC(=O)c3ccccc3)[C@@]2(O)/C1=C/C(C)=O. The van der Waals surface area contributed by atoms with Crippen LogP contribution in [-0.2, 0) is 30.8 Å². The number of fused-ring (bicyclic) bond motifs is 7. The van der Waals surface area contributed by atoms with Crippen LogP contribution in [0.1, 0.15) is 75.5 Å². The van der Waals surface area contributed by atoms with Gasteiger partial charge in [0.05, 0.1) is 12.2 Å². The molecule has 3 aliphatic carbocycles. The van der Waals surface area contributed by atoms with E-state index in [1.54, 1.807) is 19.2 Å². The van der Waals surface area contributed by atoms with E-state index in [2.05, 4.69) is 37.0 Å². The summed E-state index contributed by atoms with van der Waals surface area (Å²) in [7, 11) is 1.57. The molecule has 3 aliphatic rings. The number of benzene rings is 2. The van der Waals surface area contributed by atoms with Crippen molar-refractivity contribution in [2.24, 2.45) is 11.3 Å². The Morgan fingerprint density at radius 3 is 2.44 bits per heavy atom. The third-order valence-corrected chi connectivity index (χ3v) is 10.9. The number of aromatic amines is 1. The van der Waals surface area contributed by atoms with Crippen molar-refractivity contribution in [3.05, 3.63) is 83.1 Å². The highest BCUT2D eigenvalue weighted by Crippen LogP contribution is 2.70. The van der Waals surface area contributed by atoms with Gasteiger partial charge in [-0.1, -0.05) is 62.4 Å². The summed E-state index contributed by atoms with van der Waals surface area (Å²) < 4.78 is 19.1. The number of hydrogen-bond acceptors (Lipinski definition) is 6. The first kappa shape index (κ1) is 29.9. The molecule has 7 heteroatoms. The number of Topliss-reactive ketones (excluding diaryl/α,β-unsaturated/α-hetero) is 1. The van der Waals surface area contributed by atoms with Crippen LogP contribution < -0.4 is 0 Å². The van der Waals surface area contributed by atoms with E-state index in [0.717, 1.165) is 17.6 Å². The zero-order valence-corrected chi connectivity index (χ0v) is 26.0. The van der Waals surface area contributed by atoms with E-state index in [4.69, 9.17) is 14.2 Å². The van der Waals surface area contributed by atoms with Crippen molar-refractivity contribution in [1.82, 2.24) is 4.98 Å². The predicted molar refractivity (Wildman–Crippen MR) is 165 cm³/mol. The van der Waals surface area contributed by atoms with Gasteiger partial charge >= 0.3 is 0 Å². The molecule has 1 heterocycles. The zero-order valence-electron chi connectivity index (χ0n) is 26.0. The normalized spacial score (nSPS) is 34.3. The van der Waals surface area contributed by atoms with Gasteiger partial charge in [-0.2, -0.15) is 0 Å². The smallest absolute Gasteiger partial charge is 0.194 e. The maximum Gasteiger partial charge on any atom is 0.194 e. The number of ketones is 2. The van der Waals surface area contributed by atoms with Crippen molar-refractivity contribution in [2.45, 2.75) is 89.3 Å². The summed E-state index contributed by atoms with van der Waals surface area (Å²) in [6.45, 7) is 9.50. The lowest BCUT2D eigenvalue weighted by molar-refractivity contribution is -0.298. The van der Waals surface area contributed by atoms with Crippen molar-refractivity contribution in [3.8, 4) is 0 Å². The summed E-state index contributed by atoms with van der Waals surface area (Å²) in [5.74, 6) is -1.57. The van der Waals surface area contributed by atoms with Crippen molar-refractivity contribution < 1.29 is 28.9 Å². The molecule has 1 unspecified atom stereocenters. The minimum atomic E-state index is -1.69. The van der Waals surface area contributed by atoms with Gasteiger partial charge in [-0.25, -0.2) is 0 Å². The van der Waals surface area contributed by atoms with Gasteiger partial charge in [0.2, 0.25) is 0 Å². The van der Waals surface area contributed by atoms with E-state index in [0.29, 0.717) is 30.4 Å². The number of carbonyl (C=O) groups is 2. The minimum absolute atomic E-state index is 0.139. The molecule has 7 nitrogen and oxygen atoms in total. The average Bonchev–Trinajstić information content (AvgIpc) is 3.49. The fourth-order valence-electron chi connectivity index (χ4n) is 8.75. The highest BCUT2D eigenvalue weighted by molar-refractivity contribution is 5.97. The lowest BCUT2D eigenvalue weighted by atomic mass is 9.41. The van der Waals surface area contributed by atoms with Crippen molar-refractivity contribution in [1.29, 1.82) is 0 Å².